The Morgan fingerprint density at radius 1 is 1.29 bits per heavy atom. The van der Waals surface area contributed by atoms with Crippen LogP contribution in [0.3, 0.4) is 0 Å². The lowest BCUT2D eigenvalue weighted by atomic mass is 10.0. The summed E-state index contributed by atoms with van der Waals surface area (Å²) < 4.78 is 0. The lowest BCUT2D eigenvalue weighted by Gasteiger charge is -2.00. The Hall–Kier alpha value is -1.37. The molecular weight excluding hydrogens is 172 g/mol. The highest BCUT2D eigenvalue weighted by Gasteiger charge is 1.99. The quantitative estimate of drug-likeness (QED) is 0.648. The SMILES string of the molecule is CCC(C=O)C/C=C/c1ccccc1. The molecule has 1 aromatic carbocycles. The zero-order chi connectivity index (χ0) is 10.2. The molecule has 0 fully saturated rings. The molecule has 1 aromatic rings. The molecule has 1 heteroatoms. The summed E-state index contributed by atoms with van der Waals surface area (Å²) >= 11 is 0. The summed E-state index contributed by atoms with van der Waals surface area (Å²) in [6.45, 7) is 2.04. The van der Waals surface area contributed by atoms with E-state index < -0.39 is 0 Å². The number of rotatable bonds is 5. The fraction of sp³-hybridized carbons (Fsp3) is 0.308. The maximum Gasteiger partial charge on any atom is 0.123 e. The summed E-state index contributed by atoms with van der Waals surface area (Å²) in [5.74, 6) is 0.176. The van der Waals surface area contributed by atoms with Gasteiger partial charge in [-0.2, -0.15) is 0 Å². The highest BCUT2D eigenvalue weighted by Crippen LogP contribution is 2.08. The monoisotopic (exact) mass is 188 g/mol. The molecule has 0 radical (unpaired) electrons. The van der Waals surface area contributed by atoms with Crippen molar-refractivity contribution in [3.05, 3.63) is 42.0 Å². The van der Waals surface area contributed by atoms with Crippen LogP contribution in [-0.4, -0.2) is 6.29 Å². The average molecular weight is 188 g/mol. The zero-order valence-electron chi connectivity index (χ0n) is 8.52. The smallest absolute Gasteiger partial charge is 0.123 e. The van der Waals surface area contributed by atoms with E-state index in [9.17, 15) is 4.79 Å². The highest BCUT2D eigenvalue weighted by atomic mass is 16.1. The van der Waals surface area contributed by atoms with Crippen molar-refractivity contribution in [3.63, 3.8) is 0 Å². The van der Waals surface area contributed by atoms with Gasteiger partial charge in [0.05, 0.1) is 0 Å². The summed E-state index contributed by atoms with van der Waals surface area (Å²) in [7, 11) is 0. The van der Waals surface area contributed by atoms with E-state index >= 15 is 0 Å². The lowest BCUT2D eigenvalue weighted by molar-refractivity contribution is -0.111. The van der Waals surface area contributed by atoms with Crippen LogP contribution in [0.4, 0.5) is 0 Å². The third kappa shape index (κ3) is 3.56. The number of allylic oxidation sites excluding steroid dienone is 1. The zero-order valence-corrected chi connectivity index (χ0v) is 8.52. The Morgan fingerprint density at radius 2 is 2.00 bits per heavy atom. The highest BCUT2D eigenvalue weighted by molar-refractivity contribution is 5.55. The molecule has 0 bridgehead atoms. The minimum Gasteiger partial charge on any atom is -0.303 e. The largest absolute Gasteiger partial charge is 0.303 e. The van der Waals surface area contributed by atoms with Gasteiger partial charge in [0.15, 0.2) is 0 Å². The van der Waals surface area contributed by atoms with Crippen LogP contribution in [0.15, 0.2) is 36.4 Å². The molecule has 0 N–H and O–H groups in total. The second-order valence-electron chi connectivity index (χ2n) is 3.35. The fourth-order valence-corrected chi connectivity index (χ4v) is 1.26. The van der Waals surface area contributed by atoms with Crippen molar-refractivity contribution in [3.8, 4) is 0 Å². The van der Waals surface area contributed by atoms with Crippen LogP contribution in [0.2, 0.25) is 0 Å². The van der Waals surface area contributed by atoms with Gasteiger partial charge in [-0.25, -0.2) is 0 Å². The molecule has 0 saturated carbocycles. The number of aldehydes is 1. The molecule has 14 heavy (non-hydrogen) atoms. The van der Waals surface area contributed by atoms with Crippen LogP contribution in [0, 0.1) is 5.92 Å². The maximum absolute atomic E-state index is 10.5. The predicted molar refractivity (Wildman–Crippen MR) is 59.9 cm³/mol. The Labute approximate surface area is 85.5 Å². The van der Waals surface area contributed by atoms with Crippen molar-refractivity contribution in [1.82, 2.24) is 0 Å². The second-order valence-corrected chi connectivity index (χ2v) is 3.35. The molecule has 0 heterocycles. The maximum atomic E-state index is 10.5. The molecule has 0 aliphatic heterocycles. The van der Waals surface area contributed by atoms with Gasteiger partial charge in [-0.1, -0.05) is 49.4 Å². The molecule has 0 aliphatic carbocycles. The second kappa shape index (κ2) is 6.14. The summed E-state index contributed by atoms with van der Waals surface area (Å²) in [6.07, 6.45) is 6.93. The van der Waals surface area contributed by atoms with E-state index in [1.54, 1.807) is 0 Å². The molecule has 74 valence electrons. The fourth-order valence-electron chi connectivity index (χ4n) is 1.26. The molecule has 1 unspecified atom stereocenters. The first-order chi connectivity index (χ1) is 6.86. The van der Waals surface area contributed by atoms with Gasteiger partial charge in [0.25, 0.3) is 0 Å². The van der Waals surface area contributed by atoms with E-state index in [0.29, 0.717) is 0 Å². The molecule has 0 amide bonds. The molecule has 1 nitrogen and oxygen atoms in total. The van der Waals surface area contributed by atoms with Gasteiger partial charge in [-0.3, -0.25) is 0 Å². The third-order valence-corrected chi connectivity index (χ3v) is 2.27. The molecule has 0 aliphatic rings. The molecule has 0 aromatic heterocycles. The van der Waals surface area contributed by atoms with Crippen LogP contribution in [0.25, 0.3) is 6.08 Å². The van der Waals surface area contributed by atoms with Gasteiger partial charge in [0.2, 0.25) is 0 Å². The van der Waals surface area contributed by atoms with E-state index in [0.717, 1.165) is 19.1 Å². The van der Waals surface area contributed by atoms with Crippen LogP contribution in [-0.2, 0) is 4.79 Å². The average Bonchev–Trinajstić information content (AvgIpc) is 2.26. The van der Waals surface area contributed by atoms with E-state index in [2.05, 4.69) is 24.3 Å². The van der Waals surface area contributed by atoms with E-state index in [4.69, 9.17) is 0 Å². The Kier molecular flexibility index (Phi) is 4.70. The first kappa shape index (κ1) is 10.7. The third-order valence-electron chi connectivity index (χ3n) is 2.27. The van der Waals surface area contributed by atoms with Crippen molar-refractivity contribution in [2.45, 2.75) is 19.8 Å². The first-order valence-electron chi connectivity index (χ1n) is 5.03. The normalized spacial score (nSPS) is 12.9. The Balaban J connectivity index is 2.45. The number of benzene rings is 1. The first-order valence-corrected chi connectivity index (χ1v) is 5.03. The topological polar surface area (TPSA) is 17.1 Å². The molecule has 1 atom stereocenters. The minimum atomic E-state index is 0.176. The number of hydrogen-bond donors (Lipinski definition) is 0. The van der Waals surface area contributed by atoms with Crippen molar-refractivity contribution in [1.29, 1.82) is 0 Å². The summed E-state index contributed by atoms with van der Waals surface area (Å²) in [4.78, 5) is 10.5. The standard InChI is InChI=1S/C13H16O/c1-2-12(11-14)9-6-10-13-7-4-3-5-8-13/h3-8,10-12H,2,9H2,1H3/b10-6+. The number of carbonyl (C=O) groups excluding carboxylic acids is 1. The Bertz CT molecular complexity index is 287. The van der Waals surface area contributed by atoms with Crippen LogP contribution in [0.5, 0.6) is 0 Å². The number of carbonyl (C=O) groups is 1. The van der Waals surface area contributed by atoms with E-state index in [-0.39, 0.29) is 5.92 Å². The van der Waals surface area contributed by atoms with Crippen LogP contribution < -0.4 is 0 Å². The molecule has 0 saturated heterocycles. The minimum absolute atomic E-state index is 0.176. The van der Waals surface area contributed by atoms with Crippen LogP contribution in [0.1, 0.15) is 25.3 Å². The molecule has 1 rings (SSSR count). The summed E-state index contributed by atoms with van der Waals surface area (Å²) in [6, 6.07) is 10.1. The lowest BCUT2D eigenvalue weighted by Crippen LogP contribution is -1.96. The van der Waals surface area contributed by atoms with Crippen molar-refractivity contribution >= 4 is 12.4 Å². The number of hydrogen-bond acceptors (Lipinski definition) is 1. The van der Waals surface area contributed by atoms with Crippen molar-refractivity contribution < 1.29 is 4.79 Å². The van der Waals surface area contributed by atoms with Crippen molar-refractivity contribution in [2.24, 2.45) is 5.92 Å². The van der Waals surface area contributed by atoms with Gasteiger partial charge in [0, 0.05) is 5.92 Å². The van der Waals surface area contributed by atoms with Crippen LogP contribution >= 0.6 is 0 Å². The van der Waals surface area contributed by atoms with Crippen molar-refractivity contribution in [2.75, 3.05) is 0 Å². The molecular formula is C13H16O. The van der Waals surface area contributed by atoms with Gasteiger partial charge in [-0.15, -0.1) is 0 Å². The van der Waals surface area contributed by atoms with E-state index in [1.807, 2.05) is 25.1 Å². The molecule has 0 spiro atoms. The van der Waals surface area contributed by atoms with Gasteiger partial charge >= 0.3 is 0 Å². The Morgan fingerprint density at radius 3 is 2.57 bits per heavy atom. The van der Waals surface area contributed by atoms with Gasteiger partial charge in [-0.05, 0) is 18.4 Å². The summed E-state index contributed by atoms with van der Waals surface area (Å²) in [5.41, 5.74) is 1.19. The summed E-state index contributed by atoms with van der Waals surface area (Å²) in [5, 5.41) is 0. The van der Waals surface area contributed by atoms with Gasteiger partial charge in [0.1, 0.15) is 6.29 Å². The van der Waals surface area contributed by atoms with E-state index in [1.165, 1.54) is 5.56 Å². The predicted octanol–water partition coefficient (Wildman–Crippen LogP) is 3.32. The van der Waals surface area contributed by atoms with Gasteiger partial charge < -0.3 is 4.79 Å².